The maximum absolute atomic E-state index is 14.1. The minimum absolute atomic E-state index is 0.0502. The summed E-state index contributed by atoms with van der Waals surface area (Å²) in [6.07, 6.45) is 3.74. The molecule has 1 saturated heterocycles. The van der Waals surface area contributed by atoms with Crippen molar-refractivity contribution in [3.8, 4) is 0 Å². The normalized spacial score (nSPS) is 17.0. The molecule has 1 aromatic heterocycles. The molecule has 0 bridgehead atoms. The molecule has 2 amide bonds. The van der Waals surface area contributed by atoms with Crippen LogP contribution in [0.15, 0.2) is 47.0 Å². The lowest BCUT2D eigenvalue weighted by Crippen LogP contribution is -2.52. The fraction of sp³-hybridized carbons (Fsp3) is 0.600. The van der Waals surface area contributed by atoms with Gasteiger partial charge < -0.3 is 25.0 Å². The number of amides is 2. The summed E-state index contributed by atoms with van der Waals surface area (Å²) in [5.41, 5.74) is 2.66. The van der Waals surface area contributed by atoms with Gasteiger partial charge >= 0.3 is 11.9 Å². The summed E-state index contributed by atoms with van der Waals surface area (Å²) < 4.78 is 11.0. The molecule has 3 rings (SSSR count). The van der Waals surface area contributed by atoms with Crippen molar-refractivity contribution in [1.82, 2.24) is 25.8 Å². The number of piperidine rings is 1. The third kappa shape index (κ3) is 13.5. The molecule has 1 aromatic carbocycles. The van der Waals surface area contributed by atoms with Crippen LogP contribution in [0.2, 0.25) is 0 Å². The summed E-state index contributed by atoms with van der Waals surface area (Å²) in [6.45, 7) is 13.8. The Morgan fingerprint density at radius 2 is 1.77 bits per heavy atom. The molecule has 0 radical (unpaired) electrons. The van der Waals surface area contributed by atoms with Crippen LogP contribution in [0.25, 0.3) is 0 Å². The van der Waals surface area contributed by atoms with Gasteiger partial charge in [-0.2, -0.15) is 0 Å². The zero-order valence-electron chi connectivity index (χ0n) is 32.7. The van der Waals surface area contributed by atoms with Crippen LogP contribution in [-0.2, 0) is 35.1 Å². The number of ether oxygens (including phenoxy) is 2. The number of allylic oxidation sites excluding steroid dienone is 1. The van der Waals surface area contributed by atoms with Gasteiger partial charge in [-0.15, -0.1) is 11.3 Å². The monoisotopic (exact) mass is 753 g/mol. The number of likely N-dealkylation sites (N-methyl/N-ethyl adjacent to an activating group) is 1. The van der Waals surface area contributed by atoms with Gasteiger partial charge in [-0.05, 0) is 64.5 Å². The first-order valence-electron chi connectivity index (χ1n) is 18.8. The molecule has 0 spiro atoms. The van der Waals surface area contributed by atoms with Crippen LogP contribution in [0.4, 0.5) is 0 Å². The lowest BCUT2D eigenvalue weighted by Gasteiger charge is -2.32. The highest BCUT2D eigenvalue weighted by atomic mass is 32.1. The number of esters is 2. The number of thiazole rings is 1. The summed E-state index contributed by atoms with van der Waals surface area (Å²) in [5, 5.41) is 11.6. The Bertz CT molecular complexity index is 1550. The van der Waals surface area contributed by atoms with Crippen LogP contribution in [0.5, 0.6) is 0 Å². The lowest BCUT2D eigenvalue weighted by molar-refractivity contribution is -0.148. The Kier molecular flexibility index (Phi) is 17.8. The Morgan fingerprint density at radius 3 is 2.38 bits per heavy atom. The van der Waals surface area contributed by atoms with Crippen molar-refractivity contribution in [2.24, 2.45) is 11.8 Å². The molecular weight excluding hydrogens is 695 g/mol. The topological polar surface area (TPSA) is 156 Å². The average molecular weight is 754 g/mol. The van der Waals surface area contributed by atoms with Crippen molar-refractivity contribution in [1.29, 1.82) is 0 Å². The van der Waals surface area contributed by atoms with Gasteiger partial charge in [-0.25, -0.2) is 4.98 Å². The van der Waals surface area contributed by atoms with E-state index in [1.54, 1.807) is 31.2 Å². The molecule has 1 aliphatic heterocycles. The average Bonchev–Trinajstić information content (AvgIpc) is 3.64. The second-order valence-electron chi connectivity index (χ2n) is 14.2. The molecule has 12 nitrogen and oxygen atoms in total. The summed E-state index contributed by atoms with van der Waals surface area (Å²) in [4.78, 5) is 71.7. The minimum Gasteiger partial charge on any atom is -0.466 e. The molecule has 0 aliphatic carbocycles. The van der Waals surface area contributed by atoms with E-state index in [0.29, 0.717) is 23.5 Å². The van der Waals surface area contributed by atoms with Crippen LogP contribution >= 0.6 is 11.3 Å². The number of rotatable bonds is 20. The van der Waals surface area contributed by atoms with Crippen LogP contribution in [-0.4, -0.2) is 84.3 Å². The standard InChI is InChI=1S/C40H59N5O7S/c1-9-26(5)36(42-23-34(47)31-18-14-15-19-41-31)39(49)45(8)33(25(3)4)22-35(52-28(7)46)38-44-32(24-53-38)37(48)43-30(20-27(6)40(50)51-10-2)21-29-16-12-11-13-17-29/h11-13,16-17,24,26-27,30-31,35-36,41-42H,9-10,14-15,18-23H2,1-8H3,(H,43,48)/t26-,27-,30+,31+,35+,36-/m0/s1. The van der Waals surface area contributed by atoms with Crippen LogP contribution in [0, 0.1) is 11.8 Å². The molecule has 53 heavy (non-hydrogen) atoms. The Labute approximate surface area is 318 Å². The number of benzene rings is 1. The molecule has 2 heterocycles. The van der Waals surface area contributed by atoms with Crippen molar-refractivity contribution in [3.63, 3.8) is 0 Å². The van der Waals surface area contributed by atoms with Gasteiger partial charge in [-0.3, -0.25) is 29.3 Å². The quantitative estimate of drug-likeness (QED) is 0.147. The van der Waals surface area contributed by atoms with E-state index in [1.165, 1.54) is 18.3 Å². The number of hydrogen-bond donors (Lipinski definition) is 3. The van der Waals surface area contributed by atoms with E-state index in [1.807, 2.05) is 58.0 Å². The number of nitrogens with zero attached hydrogens (tertiary/aromatic N) is 2. The smallest absolute Gasteiger partial charge is 0.308 e. The van der Waals surface area contributed by atoms with Crippen molar-refractivity contribution in [2.75, 3.05) is 26.7 Å². The summed E-state index contributed by atoms with van der Waals surface area (Å²) in [5.74, 6) is -1.89. The van der Waals surface area contributed by atoms with Gasteiger partial charge in [0, 0.05) is 37.5 Å². The lowest BCUT2D eigenvalue weighted by atomic mass is 9.96. The highest BCUT2D eigenvalue weighted by molar-refractivity contribution is 7.09. The Hall–Kier alpha value is -3.94. The van der Waals surface area contributed by atoms with Crippen LogP contribution in [0.3, 0.4) is 0 Å². The van der Waals surface area contributed by atoms with Crippen molar-refractivity contribution >= 4 is 40.9 Å². The predicted molar refractivity (Wildman–Crippen MR) is 206 cm³/mol. The largest absolute Gasteiger partial charge is 0.466 e. The summed E-state index contributed by atoms with van der Waals surface area (Å²) >= 11 is 1.19. The molecule has 1 aliphatic rings. The number of hydrogen-bond acceptors (Lipinski definition) is 11. The third-order valence-corrected chi connectivity index (χ3v) is 10.6. The second-order valence-corrected chi connectivity index (χ2v) is 15.1. The molecule has 292 valence electrons. The van der Waals surface area contributed by atoms with E-state index in [4.69, 9.17) is 9.47 Å². The number of nitrogens with one attached hydrogen (secondary N) is 3. The van der Waals surface area contributed by atoms with E-state index >= 15 is 0 Å². The molecule has 13 heteroatoms. The van der Waals surface area contributed by atoms with E-state index in [0.717, 1.165) is 43.4 Å². The molecule has 1 fully saturated rings. The maximum atomic E-state index is 14.1. The zero-order chi connectivity index (χ0) is 39.1. The molecule has 6 atom stereocenters. The molecule has 0 unspecified atom stereocenters. The van der Waals surface area contributed by atoms with Crippen LogP contribution in [0.1, 0.15) is 114 Å². The number of Topliss-reactive ketones (excluding diaryl/α,β-unsaturated/α-hetero) is 1. The Morgan fingerprint density at radius 1 is 1.06 bits per heavy atom. The third-order valence-electron chi connectivity index (χ3n) is 9.69. The highest BCUT2D eigenvalue weighted by Gasteiger charge is 2.33. The first-order chi connectivity index (χ1) is 25.2. The molecule has 2 aromatic rings. The predicted octanol–water partition coefficient (Wildman–Crippen LogP) is 5.54. The number of aromatic nitrogens is 1. The summed E-state index contributed by atoms with van der Waals surface area (Å²) in [7, 11) is 1.70. The van der Waals surface area contributed by atoms with Gasteiger partial charge in [0.1, 0.15) is 10.7 Å². The fourth-order valence-electron chi connectivity index (χ4n) is 6.50. The SMILES string of the molecule is CCOC(=O)[C@@H](C)C[C@H](Cc1ccccc1)NC(=O)c1csc([C@@H](CC(=C(C)C)N(C)C(=O)[C@@H](NCC(=O)[C@H]2CCCCN2)[C@@H](C)CC)OC(C)=O)n1. The van der Waals surface area contributed by atoms with Gasteiger partial charge in [0.2, 0.25) is 5.91 Å². The van der Waals surface area contributed by atoms with E-state index < -0.39 is 29.9 Å². The van der Waals surface area contributed by atoms with E-state index in [2.05, 4.69) is 20.9 Å². The van der Waals surface area contributed by atoms with Gasteiger partial charge in [0.15, 0.2) is 11.9 Å². The van der Waals surface area contributed by atoms with Gasteiger partial charge in [-0.1, -0.05) is 69.5 Å². The zero-order valence-corrected chi connectivity index (χ0v) is 33.5. The number of carbonyl (C=O) groups is 5. The minimum atomic E-state index is -0.864. The van der Waals surface area contributed by atoms with Crippen molar-refractivity contribution < 1.29 is 33.4 Å². The number of ketones is 1. The fourth-order valence-corrected chi connectivity index (χ4v) is 7.33. The first-order valence-corrected chi connectivity index (χ1v) is 19.7. The van der Waals surface area contributed by atoms with Crippen molar-refractivity contribution in [2.45, 2.75) is 118 Å². The van der Waals surface area contributed by atoms with Crippen LogP contribution < -0.4 is 16.0 Å². The Balaban J connectivity index is 1.79. The number of carbonyl (C=O) groups excluding carboxylic acids is 5. The van der Waals surface area contributed by atoms with Gasteiger partial charge in [0.05, 0.1) is 31.2 Å². The molecule has 3 N–H and O–H groups in total. The molecule has 0 saturated carbocycles. The van der Waals surface area contributed by atoms with Crippen molar-refractivity contribution in [3.05, 3.63) is 63.2 Å². The van der Waals surface area contributed by atoms with E-state index in [9.17, 15) is 24.0 Å². The van der Waals surface area contributed by atoms with E-state index in [-0.39, 0.29) is 60.9 Å². The maximum Gasteiger partial charge on any atom is 0.308 e. The highest BCUT2D eigenvalue weighted by Crippen LogP contribution is 2.31. The first kappa shape index (κ1) is 43.5. The van der Waals surface area contributed by atoms with Gasteiger partial charge in [0.25, 0.3) is 5.91 Å². The molecular formula is C40H59N5O7S. The summed E-state index contributed by atoms with van der Waals surface area (Å²) in [6, 6.07) is 8.52. The second kappa shape index (κ2) is 21.7.